The van der Waals surface area contributed by atoms with Crippen LogP contribution >= 0.6 is 0 Å². The van der Waals surface area contributed by atoms with Crippen molar-refractivity contribution >= 4 is 11.7 Å². The minimum absolute atomic E-state index is 0.0464. The first-order chi connectivity index (χ1) is 9.77. The van der Waals surface area contributed by atoms with Crippen LogP contribution in [0.3, 0.4) is 0 Å². The van der Waals surface area contributed by atoms with Crippen molar-refractivity contribution in [3.8, 4) is 5.88 Å². The molecule has 1 aromatic rings. The molecular formula is C16H22N2O3. The van der Waals surface area contributed by atoms with Gasteiger partial charge < -0.3 is 15.6 Å². The zero-order valence-corrected chi connectivity index (χ0v) is 12.7. The summed E-state index contributed by atoms with van der Waals surface area (Å²) in [5, 5.41) is 9.13. The number of nitrogens with zero attached hydrogens (tertiary/aromatic N) is 1. The highest BCUT2D eigenvalue weighted by atomic mass is 16.5. The molecule has 5 nitrogen and oxygen atoms in total. The van der Waals surface area contributed by atoms with Gasteiger partial charge in [-0.3, -0.25) is 0 Å². The number of anilines is 1. The molecule has 0 amide bonds. The zero-order chi connectivity index (χ0) is 15.4. The molecular weight excluding hydrogens is 268 g/mol. The summed E-state index contributed by atoms with van der Waals surface area (Å²) < 4.78 is 6.07. The van der Waals surface area contributed by atoms with Gasteiger partial charge in [0.25, 0.3) is 0 Å². The molecule has 2 aliphatic carbocycles. The summed E-state index contributed by atoms with van der Waals surface area (Å²) in [5.41, 5.74) is 6.39. The van der Waals surface area contributed by atoms with E-state index in [0.717, 1.165) is 12.8 Å². The summed E-state index contributed by atoms with van der Waals surface area (Å²) in [7, 11) is 0. The van der Waals surface area contributed by atoms with E-state index in [0.29, 0.717) is 5.92 Å². The predicted molar refractivity (Wildman–Crippen MR) is 79.3 cm³/mol. The normalized spacial score (nSPS) is 33.1. The second-order valence-electron chi connectivity index (χ2n) is 7.10. The fourth-order valence-corrected chi connectivity index (χ4v) is 4.18. The number of hydrogen-bond acceptors (Lipinski definition) is 4. The molecule has 0 saturated heterocycles. The van der Waals surface area contributed by atoms with Gasteiger partial charge in [-0.1, -0.05) is 20.8 Å². The van der Waals surface area contributed by atoms with Crippen LogP contribution in [0.4, 0.5) is 5.69 Å². The maximum absolute atomic E-state index is 11.1. The summed E-state index contributed by atoms with van der Waals surface area (Å²) in [5.74, 6) is -0.153. The lowest BCUT2D eigenvalue weighted by Crippen LogP contribution is -2.39. The number of aromatic carboxylic acids is 1. The number of fused-ring (bicyclic) bond motifs is 2. The van der Waals surface area contributed by atoms with Crippen molar-refractivity contribution in [1.82, 2.24) is 4.98 Å². The van der Waals surface area contributed by atoms with Crippen molar-refractivity contribution in [2.45, 2.75) is 46.1 Å². The molecule has 3 rings (SSSR count). The molecule has 0 aromatic carbocycles. The molecule has 3 N–H and O–H groups in total. The molecule has 1 aromatic heterocycles. The molecule has 2 saturated carbocycles. The van der Waals surface area contributed by atoms with Crippen molar-refractivity contribution in [1.29, 1.82) is 0 Å². The van der Waals surface area contributed by atoms with Gasteiger partial charge in [-0.2, -0.15) is 0 Å². The van der Waals surface area contributed by atoms with Crippen molar-refractivity contribution in [2.24, 2.45) is 16.7 Å². The lowest BCUT2D eigenvalue weighted by atomic mass is 9.70. The van der Waals surface area contributed by atoms with E-state index in [1.807, 2.05) is 0 Å². The molecule has 2 bridgehead atoms. The number of nitrogen functional groups attached to an aromatic ring is 1. The Balaban J connectivity index is 1.90. The van der Waals surface area contributed by atoms with Gasteiger partial charge in [-0.15, -0.1) is 0 Å². The van der Waals surface area contributed by atoms with E-state index in [1.165, 1.54) is 18.7 Å². The third-order valence-corrected chi connectivity index (χ3v) is 6.15. The van der Waals surface area contributed by atoms with Crippen LogP contribution in [0, 0.1) is 16.7 Å². The van der Waals surface area contributed by atoms with Crippen LogP contribution in [0.15, 0.2) is 12.3 Å². The quantitative estimate of drug-likeness (QED) is 0.894. The molecule has 3 atom stereocenters. The third-order valence-electron chi connectivity index (χ3n) is 6.15. The van der Waals surface area contributed by atoms with Gasteiger partial charge in [0.2, 0.25) is 5.88 Å². The van der Waals surface area contributed by atoms with Gasteiger partial charge in [-0.25, -0.2) is 9.78 Å². The first kappa shape index (κ1) is 14.2. The average Bonchev–Trinajstić information content (AvgIpc) is 2.74. The van der Waals surface area contributed by atoms with Crippen molar-refractivity contribution < 1.29 is 14.6 Å². The number of carboxylic acids is 1. The van der Waals surface area contributed by atoms with Crippen LogP contribution in [-0.4, -0.2) is 22.2 Å². The lowest BCUT2D eigenvalue weighted by Gasteiger charge is -2.38. The Morgan fingerprint density at radius 1 is 1.48 bits per heavy atom. The van der Waals surface area contributed by atoms with Gasteiger partial charge in [-0.05, 0) is 36.7 Å². The van der Waals surface area contributed by atoms with E-state index < -0.39 is 5.97 Å². The van der Waals surface area contributed by atoms with Crippen LogP contribution < -0.4 is 10.5 Å². The van der Waals surface area contributed by atoms with Gasteiger partial charge in [0.05, 0.1) is 5.56 Å². The number of hydrogen-bond donors (Lipinski definition) is 2. The van der Waals surface area contributed by atoms with E-state index >= 15 is 0 Å². The summed E-state index contributed by atoms with van der Waals surface area (Å²) in [6.07, 6.45) is 4.85. The van der Waals surface area contributed by atoms with E-state index in [2.05, 4.69) is 25.8 Å². The summed E-state index contributed by atoms with van der Waals surface area (Å²) in [6.45, 7) is 6.87. The predicted octanol–water partition coefficient (Wildman–Crippen LogP) is 2.96. The number of carboxylic acid groups (broad SMARTS) is 1. The summed E-state index contributed by atoms with van der Waals surface area (Å²) >= 11 is 0. The Kier molecular flexibility index (Phi) is 2.94. The maximum atomic E-state index is 11.1. The van der Waals surface area contributed by atoms with Crippen molar-refractivity contribution in [3.05, 3.63) is 17.8 Å². The fraction of sp³-hybridized carbons (Fsp3) is 0.625. The monoisotopic (exact) mass is 290 g/mol. The van der Waals surface area contributed by atoms with Crippen molar-refractivity contribution in [2.75, 3.05) is 5.73 Å². The van der Waals surface area contributed by atoms with Crippen LogP contribution in [-0.2, 0) is 0 Å². The molecule has 2 fully saturated rings. The number of carbonyl (C=O) groups is 1. The molecule has 1 heterocycles. The Labute approximate surface area is 124 Å². The second kappa shape index (κ2) is 4.36. The van der Waals surface area contributed by atoms with E-state index in [9.17, 15) is 4.79 Å². The van der Waals surface area contributed by atoms with Crippen LogP contribution in [0.5, 0.6) is 5.88 Å². The number of aromatic nitrogens is 1. The average molecular weight is 290 g/mol. The highest BCUT2D eigenvalue weighted by Crippen LogP contribution is 2.66. The molecule has 5 heteroatoms. The number of nitrogens with two attached hydrogens (primary N) is 1. The minimum Gasteiger partial charge on any atom is -0.478 e. The van der Waals surface area contributed by atoms with E-state index in [-0.39, 0.29) is 34.1 Å². The Hall–Kier alpha value is -1.78. The molecule has 0 spiro atoms. The minimum atomic E-state index is -1.06. The van der Waals surface area contributed by atoms with Crippen LogP contribution in [0.1, 0.15) is 50.4 Å². The lowest BCUT2D eigenvalue weighted by molar-refractivity contribution is 0.0277. The summed E-state index contributed by atoms with van der Waals surface area (Å²) in [4.78, 5) is 15.3. The topological polar surface area (TPSA) is 85.4 Å². The van der Waals surface area contributed by atoms with Crippen LogP contribution in [0.25, 0.3) is 0 Å². The second-order valence-corrected chi connectivity index (χ2v) is 7.10. The van der Waals surface area contributed by atoms with E-state index in [4.69, 9.17) is 15.6 Å². The largest absolute Gasteiger partial charge is 0.478 e. The van der Waals surface area contributed by atoms with Crippen LogP contribution in [0.2, 0.25) is 0 Å². The van der Waals surface area contributed by atoms with Gasteiger partial charge >= 0.3 is 5.97 Å². The van der Waals surface area contributed by atoms with Gasteiger partial charge in [0, 0.05) is 11.6 Å². The first-order valence-electron chi connectivity index (χ1n) is 7.42. The third kappa shape index (κ3) is 1.83. The molecule has 21 heavy (non-hydrogen) atoms. The first-order valence-corrected chi connectivity index (χ1v) is 7.42. The number of rotatable bonds is 3. The standard InChI is InChI=1S/C16H22N2O3/c1-15(2)9-4-6-16(15,3)11(8-9)21-13-12(17)10(14(19)20)5-7-18-13/h5,7,9,11H,4,6,8,17H2,1-3H3,(H,19,20). The SMILES string of the molecule is CC1(C)C2CCC1(C)C(Oc1nccc(C(=O)O)c1N)C2. The highest BCUT2D eigenvalue weighted by molar-refractivity contribution is 5.94. The molecule has 0 radical (unpaired) electrons. The Bertz CT molecular complexity index is 599. The van der Waals surface area contributed by atoms with Gasteiger partial charge in [0.15, 0.2) is 0 Å². The van der Waals surface area contributed by atoms with Crippen molar-refractivity contribution in [3.63, 3.8) is 0 Å². The summed E-state index contributed by atoms with van der Waals surface area (Å²) in [6, 6.07) is 1.40. The maximum Gasteiger partial charge on any atom is 0.338 e. The van der Waals surface area contributed by atoms with E-state index in [1.54, 1.807) is 0 Å². The Morgan fingerprint density at radius 2 is 2.19 bits per heavy atom. The highest BCUT2D eigenvalue weighted by Gasteiger charge is 2.62. The zero-order valence-electron chi connectivity index (χ0n) is 12.7. The van der Waals surface area contributed by atoms with Gasteiger partial charge in [0.1, 0.15) is 11.8 Å². The smallest absolute Gasteiger partial charge is 0.338 e. The Morgan fingerprint density at radius 3 is 2.71 bits per heavy atom. The fourth-order valence-electron chi connectivity index (χ4n) is 4.18. The molecule has 2 aliphatic rings. The number of ether oxygens (including phenoxy) is 1. The molecule has 114 valence electrons. The molecule has 0 aliphatic heterocycles. The molecule has 3 unspecified atom stereocenters. The number of pyridine rings is 1.